The Bertz CT molecular complexity index is 607. The van der Waals surface area contributed by atoms with Crippen molar-refractivity contribution in [2.24, 2.45) is 0 Å². The predicted molar refractivity (Wildman–Crippen MR) is 66.8 cm³/mol. The molecule has 0 aliphatic rings. The molecule has 0 unspecified atom stereocenters. The minimum atomic E-state index is -1.20. The maximum atomic E-state index is 10.7. The highest BCUT2D eigenvalue weighted by Gasteiger charge is 2.14. The average molecular weight is 262 g/mol. The lowest BCUT2D eigenvalue weighted by Gasteiger charge is -2.12. The molecule has 0 amide bonds. The Hall–Kier alpha value is -2.44. The van der Waals surface area contributed by atoms with Crippen LogP contribution >= 0.6 is 0 Å². The molecule has 19 heavy (non-hydrogen) atoms. The van der Waals surface area contributed by atoms with Gasteiger partial charge in [-0.3, -0.25) is 0 Å². The second kappa shape index (κ2) is 5.05. The largest absolute Gasteiger partial charge is 0.496 e. The van der Waals surface area contributed by atoms with Crippen LogP contribution in [0, 0.1) is 0 Å². The van der Waals surface area contributed by atoms with Crippen molar-refractivity contribution in [2.45, 2.75) is 19.8 Å². The van der Waals surface area contributed by atoms with E-state index in [-0.39, 0.29) is 11.7 Å². The fourth-order valence-corrected chi connectivity index (χ4v) is 1.71. The van der Waals surface area contributed by atoms with E-state index in [0.29, 0.717) is 5.69 Å². The number of hydrogen-bond donors (Lipinski definition) is 1. The van der Waals surface area contributed by atoms with Gasteiger partial charge in [0.15, 0.2) is 0 Å². The highest BCUT2D eigenvalue weighted by atomic mass is 16.5. The number of benzene rings is 1. The Morgan fingerprint density at radius 1 is 1.42 bits per heavy atom. The fraction of sp³-hybridized carbons (Fsp3) is 0.333. The number of carbonyl (C=O) groups is 1. The molecule has 0 spiro atoms. The molecule has 1 aromatic carbocycles. The van der Waals surface area contributed by atoms with Crippen LogP contribution in [0.5, 0.6) is 5.75 Å². The van der Waals surface area contributed by atoms with Crippen LogP contribution in [0.25, 0.3) is 5.69 Å². The summed E-state index contributed by atoms with van der Waals surface area (Å²) in [5, 5.41) is 19.7. The van der Waals surface area contributed by atoms with Crippen LogP contribution < -0.4 is 4.74 Å². The highest BCUT2D eigenvalue weighted by Crippen LogP contribution is 2.28. The summed E-state index contributed by atoms with van der Waals surface area (Å²) in [5.74, 6) is -0.500. The van der Waals surface area contributed by atoms with E-state index in [4.69, 9.17) is 9.84 Å². The number of carboxylic acids is 1. The number of carboxylic acid groups (broad SMARTS) is 1. The van der Waals surface area contributed by atoms with Crippen molar-refractivity contribution in [1.82, 2.24) is 20.2 Å². The van der Waals surface area contributed by atoms with Crippen LogP contribution in [0.3, 0.4) is 0 Å². The normalized spacial score (nSPS) is 10.7. The minimum absolute atomic E-state index is 0.261. The molecule has 0 atom stereocenters. The molecule has 7 heteroatoms. The molecule has 0 bridgehead atoms. The molecule has 0 radical (unpaired) electrons. The Labute approximate surface area is 109 Å². The van der Waals surface area contributed by atoms with Crippen molar-refractivity contribution < 1.29 is 14.6 Å². The van der Waals surface area contributed by atoms with Crippen LogP contribution in [0.4, 0.5) is 0 Å². The number of tetrazole rings is 1. The van der Waals surface area contributed by atoms with Gasteiger partial charge in [0.05, 0.1) is 12.8 Å². The monoisotopic (exact) mass is 262 g/mol. The Morgan fingerprint density at radius 3 is 2.68 bits per heavy atom. The number of rotatable bonds is 4. The number of hydrogen-bond acceptors (Lipinski definition) is 5. The van der Waals surface area contributed by atoms with Crippen molar-refractivity contribution >= 4 is 5.97 Å². The van der Waals surface area contributed by atoms with Crippen LogP contribution in [0.1, 0.15) is 35.9 Å². The van der Waals surface area contributed by atoms with Gasteiger partial charge in [-0.15, -0.1) is 15.0 Å². The Kier molecular flexibility index (Phi) is 3.46. The zero-order chi connectivity index (χ0) is 14.0. The lowest BCUT2D eigenvalue weighted by Crippen LogP contribution is -2.04. The van der Waals surface area contributed by atoms with Crippen molar-refractivity contribution in [3.8, 4) is 11.4 Å². The van der Waals surface area contributed by atoms with Gasteiger partial charge in [-0.2, -0.15) is 0 Å². The molecule has 0 fully saturated rings. The smallest absolute Gasteiger partial charge is 0.377 e. The fourth-order valence-electron chi connectivity index (χ4n) is 1.71. The zero-order valence-electron chi connectivity index (χ0n) is 10.9. The van der Waals surface area contributed by atoms with Gasteiger partial charge in [0.2, 0.25) is 0 Å². The third-order valence-electron chi connectivity index (χ3n) is 2.67. The summed E-state index contributed by atoms with van der Waals surface area (Å²) in [6, 6.07) is 5.41. The summed E-state index contributed by atoms with van der Waals surface area (Å²) in [5.41, 5.74) is 1.64. The van der Waals surface area contributed by atoms with Crippen molar-refractivity contribution in [3.05, 3.63) is 29.6 Å². The number of methoxy groups -OCH3 is 1. The van der Waals surface area contributed by atoms with Gasteiger partial charge in [-0.1, -0.05) is 13.8 Å². The highest BCUT2D eigenvalue weighted by molar-refractivity contribution is 5.82. The number of ether oxygens (including phenoxy) is 1. The first-order valence-electron chi connectivity index (χ1n) is 5.74. The third-order valence-corrected chi connectivity index (χ3v) is 2.67. The van der Waals surface area contributed by atoms with E-state index in [2.05, 4.69) is 15.4 Å². The lowest BCUT2D eigenvalue weighted by molar-refractivity contribution is 0.0683. The maximum absolute atomic E-state index is 10.7. The molecule has 7 nitrogen and oxygen atoms in total. The molecule has 0 saturated carbocycles. The maximum Gasteiger partial charge on any atom is 0.377 e. The van der Waals surface area contributed by atoms with Gasteiger partial charge in [0.25, 0.3) is 5.82 Å². The van der Waals surface area contributed by atoms with Gasteiger partial charge >= 0.3 is 5.97 Å². The van der Waals surface area contributed by atoms with E-state index < -0.39 is 5.97 Å². The minimum Gasteiger partial charge on any atom is -0.496 e. The summed E-state index contributed by atoms with van der Waals surface area (Å²) in [7, 11) is 1.61. The molecule has 0 saturated heterocycles. The van der Waals surface area contributed by atoms with E-state index in [1.165, 1.54) is 4.80 Å². The van der Waals surface area contributed by atoms with E-state index in [9.17, 15) is 4.79 Å². The molecule has 1 N–H and O–H groups in total. The number of nitrogens with zero attached hydrogens (tertiary/aromatic N) is 4. The summed E-state index contributed by atoms with van der Waals surface area (Å²) in [6.07, 6.45) is 0. The first kappa shape index (κ1) is 13.0. The van der Waals surface area contributed by atoms with E-state index in [0.717, 1.165) is 11.3 Å². The van der Waals surface area contributed by atoms with Gasteiger partial charge in [-0.05, 0) is 34.9 Å². The summed E-state index contributed by atoms with van der Waals surface area (Å²) < 4.78 is 5.28. The number of aromatic nitrogens is 4. The van der Waals surface area contributed by atoms with Gasteiger partial charge in [0, 0.05) is 0 Å². The topological polar surface area (TPSA) is 90.1 Å². The molecule has 100 valence electrons. The standard InChI is InChI=1S/C12H14N4O3/c1-7(2)9-6-8(4-5-10(9)19-3)16-14-11(12(17)18)13-15-16/h4-7H,1-3H3,(H,17,18). The average Bonchev–Trinajstić information content (AvgIpc) is 2.87. The third kappa shape index (κ3) is 2.54. The molecule has 0 aliphatic carbocycles. The second-order valence-corrected chi connectivity index (χ2v) is 4.29. The molecule has 2 rings (SSSR count). The van der Waals surface area contributed by atoms with Gasteiger partial charge < -0.3 is 9.84 Å². The summed E-state index contributed by atoms with van der Waals surface area (Å²) in [6.45, 7) is 4.08. The molecule has 2 aromatic rings. The van der Waals surface area contributed by atoms with Crippen molar-refractivity contribution in [1.29, 1.82) is 0 Å². The number of aromatic carboxylic acids is 1. The van der Waals surface area contributed by atoms with E-state index >= 15 is 0 Å². The molecule has 1 aromatic heterocycles. The summed E-state index contributed by atoms with van der Waals surface area (Å²) >= 11 is 0. The zero-order valence-corrected chi connectivity index (χ0v) is 10.9. The van der Waals surface area contributed by atoms with Gasteiger partial charge in [-0.25, -0.2) is 4.79 Å². The Morgan fingerprint density at radius 2 is 2.16 bits per heavy atom. The summed E-state index contributed by atoms with van der Waals surface area (Å²) in [4.78, 5) is 11.9. The molecular formula is C12H14N4O3. The van der Waals surface area contributed by atoms with Gasteiger partial charge in [0.1, 0.15) is 5.75 Å². The molecular weight excluding hydrogens is 248 g/mol. The van der Waals surface area contributed by atoms with Crippen LogP contribution in [0.15, 0.2) is 18.2 Å². The van der Waals surface area contributed by atoms with Crippen molar-refractivity contribution in [3.63, 3.8) is 0 Å². The second-order valence-electron chi connectivity index (χ2n) is 4.29. The first-order valence-corrected chi connectivity index (χ1v) is 5.74. The molecule has 0 aliphatic heterocycles. The van der Waals surface area contributed by atoms with Crippen LogP contribution in [-0.4, -0.2) is 38.4 Å². The van der Waals surface area contributed by atoms with Crippen molar-refractivity contribution in [2.75, 3.05) is 7.11 Å². The quantitative estimate of drug-likeness (QED) is 0.897. The predicted octanol–water partition coefficient (Wildman–Crippen LogP) is 1.49. The van der Waals surface area contributed by atoms with Crippen LogP contribution in [0.2, 0.25) is 0 Å². The van der Waals surface area contributed by atoms with Crippen LogP contribution in [-0.2, 0) is 0 Å². The van der Waals surface area contributed by atoms with E-state index in [1.54, 1.807) is 19.2 Å². The van der Waals surface area contributed by atoms with E-state index in [1.807, 2.05) is 19.9 Å². The molecule has 1 heterocycles. The lowest BCUT2D eigenvalue weighted by atomic mass is 10.0. The Balaban J connectivity index is 2.44. The first-order chi connectivity index (χ1) is 9.02. The SMILES string of the molecule is COc1ccc(-n2nnc(C(=O)O)n2)cc1C(C)C.